The molecule has 23 heavy (non-hydrogen) atoms. The van der Waals surface area contributed by atoms with E-state index in [2.05, 4.69) is 12.1 Å². The normalized spacial score (nSPS) is 13.0. The van der Waals surface area contributed by atoms with Crippen molar-refractivity contribution in [3.05, 3.63) is 71.3 Å². The molecular weight excluding hydrogens is 290 g/mol. The molecule has 118 valence electrons. The summed E-state index contributed by atoms with van der Waals surface area (Å²) in [4.78, 5) is 25.6. The van der Waals surface area contributed by atoms with Crippen LogP contribution < -0.4 is 0 Å². The van der Waals surface area contributed by atoms with Crippen molar-refractivity contribution in [2.24, 2.45) is 0 Å². The van der Waals surface area contributed by atoms with Crippen LogP contribution >= 0.6 is 0 Å². The number of fused-ring (bicyclic) bond motifs is 1. The van der Waals surface area contributed by atoms with E-state index in [9.17, 15) is 9.59 Å². The van der Waals surface area contributed by atoms with Gasteiger partial charge >= 0.3 is 5.97 Å². The summed E-state index contributed by atoms with van der Waals surface area (Å²) in [5.74, 6) is -0.443. The lowest BCUT2D eigenvalue weighted by atomic mass is 10.1. The zero-order valence-corrected chi connectivity index (χ0v) is 12.9. The predicted octanol–water partition coefficient (Wildman–Crippen LogP) is 2.82. The molecule has 0 aromatic heterocycles. The van der Waals surface area contributed by atoms with Crippen molar-refractivity contribution in [1.82, 2.24) is 4.90 Å². The summed E-state index contributed by atoms with van der Waals surface area (Å²) < 4.78 is 5.24. The first kappa shape index (κ1) is 15.3. The molecule has 0 radical (unpaired) electrons. The molecule has 1 heterocycles. The Hall–Kier alpha value is -2.62. The van der Waals surface area contributed by atoms with Gasteiger partial charge in [-0.1, -0.05) is 48.5 Å². The fourth-order valence-corrected chi connectivity index (χ4v) is 2.75. The maximum atomic E-state index is 12.2. The highest BCUT2D eigenvalue weighted by Crippen LogP contribution is 2.21. The minimum absolute atomic E-state index is 0.0127. The molecule has 0 atom stereocenters. The number of hydrogen-bond donors (Lipinski definition) is 0. The van der Waals surface area contributed by atoms with Crippen LogP contribution in [0, 0.1) is 0 Å². The minimum Gasteiger partial charge on any atom is -0.464 e. The summed E-state index contributed by atoms with van der Waals surface area (Å²) >= 11 is 0. The van der Waals surface area contributed by atoms with Crippen molar-refractivity contribution in [1.29, 1.82) is 0 Å². The number of benzene rings is 2. The number of amides is 1. The van der Waals surface area contributed by atoms with Crippen molar-refractivity contribution in [3.63, 3.8) is 0 Å². The molecule has 1 aliphatic rings. The van der Waals surface area contributed by atoms with E-state index in [0.717, 1.165) is 18.4 Å². The summed E-state index contributed by atoms with van der Waals surface area (Å²) in [6, 6.07) is 17.5. The highest BCUT2D eigenvalue weighted by Gasteiger charge is 2.28. The average molecular weight is 309 g/mol. The number of nitrogens with zero attached hydrogens (tertiary/aromatic N) is 1. The number of carbonyl (C=O) groups excluding carboxylic acids is 2. The molecule has 2 aromatic rings. The van der Waals surface area contributed by atoms with Gasteiger partial charge in [-0.2, -0.15) is 0 Å². The van der Waals surface area contributed by atoms with Crippen molar-refractivity contribution >= 4 is 11.9 Å². The van der Waals surface area contributed by atoms with E-state index in [-0.39, 0.29) is 18.4 Å². The molecule has 0 aliphatic carbocycles. The Kier molecular flexibility index (Phi) is 4.71. The predicted molar refractivity (Wildman–Crippen MR) is 86.9 cm³/mol. The number of carbonyl (C=O) groups is 2. The lowest BCUT2D eigenvalue weighted by molar-refractivity contribution is -0.144. The van der Waals surface area contributed by atoms with E-state index in [4.69, 9.17) is 4.74 Å². The molecule has 1 amide bonds. The molecule has 0 N–H and O–H groups in total. The van der Waals surface area contributed by atoms with Crippen LogP contribution in [0.25, 0.3) is 0 Å². The zero-order chi connectivity index (χ0) is 16.1. The number of esters is 1. The van der Waals surface area contributed by atoms with Crippen LogP contribution in [0.2, 0.25) is 0 Å². The van der Waals surface area contributed by atoms with Crippen LogP contribution in [0.1, 0.15) is 27.9 Å². The van der Waals surface area contributed by atoms with Crippen molar-refractivity contribution < 1.29 is 14.3 Å². The van der Waals surface area contributed by atoms with E-state index >= 15 is 0 Å². The monoisotopic (exact) mass is 309 g/mol. The summed E-state index contributed by atoms with van der Waals surface area (Å²) in [6.45, 7) is 0.871. The smallest absolute Gasteiger partial charge is 0.325 e. The lowest BCUT2D eigenvalue weighted by Gasteiger charge is -2.14. The summed E-state index contributed by atoms with van der Waals surface area (Å²) in [5.41, 5.74) is 2.88. The molecule has 0 bridgehead atoms. The van der Waals surface area contributed by atoms with Gasteiger partial charge < -0.3 is 9.64 Å². The molecule has 4 heteroatoms. The molecule has 1 aliphatic heterocycles. The molecule has 0 unspecified atom stereocenters. The van der Waals surface area contributed by atoms with Gasteiger partial charge in [0.1, 0.15) is 6.54 Å². The molecule has 0 spiro atoms. The van der Waals surface area contributed by atoms with Gasteiger partial charge in [-0.25, -0.2) is 0 Å². The topological polar surface area (TPSA) is 46.6 Å². The lowest BCUT2D eigenvalue weighted by Crippen LogP contribution is -2.31. The second-order valence-corrected chi connectivity index (χ2v) is 5.63. The molecular formula is C19H19NO3. The Morgan fingerprint density at radius 2 is 1.78 bits per heavy atom. The third kappa shape index (κ3) is 3.77. The Balaban J connectivity index is 1.41. The van der Waals surface area contributed by atoms with E-state index in [1.54, 1.807) is 6.07 Å². The molecule has 0 saturated heterocycles. The maximum absolute atomic E-state index is 12.2. The molecule has 3 rings (SSSR count). The Morgan fingerprint density at radius 1 is 1.04 bits per heavy atom. The van der Waals surface area contributed by atoms with Crippen molar-refractivity contribution in [3.8, 4) is 0 Å². The largest absolute Gasteiger partial charge is 0.464 e. The number of aryl methyl sites for hydroxylation is 1. The van der Waals surface area contributed by atoms with Gasteiger partial charge in [0.25, 0.3) is 5.91 Å². The van der Waals surface area contributed by atoms with E-state index in [1.165, 1.54) is 10.5 Å². The molecule has 2 aromatic carbocycles. The van der Waals surface area contributed by atoms with Gasteiger partial charge in [0.15, 0.2) is 0 Å². The molecule has 0 saturated carbocycles. The molecule has 4 nitrogen and oxygen atoms in total. The second kappa shape index (κ2) is 7.09. The first-order valence-electron chi connectivity index (χ1n) is 7.81. The Bertz CT molecular complexity index is 697. The van der Waals surface area contributed by atoms with Crippen LogP contribution in [0.15, 0.2) is 54.6 Å². The average Bonchev–Trinajstić information content (AvgIpc) is 2.89. The zero-order valence-electron chi connectivity index (χ0n) is 12.9. The fourth-order valence-electron chi connectivity index (χ4n) is 2.75. The summed E-state index contributed by atoms with van der Waals surface area (Å²) in [5, 5.41) is 0. The van der Waals surface area contributed by atoms with E-state index in [0.29, 0.717) is 18.7 Å². The van der Waals surface area contributed by atoms with Crippen LogP contribution in [-0.2, 0) is 22.5 Å². The number of ether oxygens (including phenoxy) is 1. The standard InChI is InChI=1S/C19H19NO3/c21-18(23-12-6-9-15-7-2-1-3-8-15)14-20-13-16-10-4-5-11-17(16)19(20)22/h1-5,7-8,10-11H,6,9,12-14H2. The van der Waals surface area contributed by atoms with Gasteiger partial charge in [-0.05, 0) is 30.0 Å². The number of hydrogen-bond acceptors (Lipinski definition) is 3. The quantitative estimate of drug-likeness (QED) is 0.609. The van der Waals surface area contributed by atoms with Gasteiger partial charge in [-0.15, -0.1) is 0 Å². The van der Waals surface area contributed by atoms with Crippen LogP contribution in [0.4, 0.5) is 0 Å². The van der Waals surface area contributed by atoms with Crippen LogP contribution in [0.5, 0.6) is 0 Å². The van der Waals surface area contributed by atoms with E-state index < -0.39 is 0 Å². The second-order valence-electron chi connectivity index (χ2n) is 5.63. The highest BCUT2D eigenvalue weighted by atomic mass is 16.5. The SMILES string of the molecule is O=C(CN1Cc2ccccc2C1=O)OCCCc1ccccc1. The number of rotatable bonds is 6. The first-order chi connectivity index (χ1) is 11.2. The summed E-state index contributed by atoms with van der Waals surface area (Å²) in [6.07, 6.45) is 1.66. The maximum Gasteiger partial charge on any atom is 0.325 e. The Morgan fingerprint density at radius 3 is 2.57 bits per heavy atom. The van der Waals surface area contributed by atoms with Crippen molar-refractivity contribution in [2.75, 3.05) is 13.2 Å². The third-order valence-corrected chi connectivity index (χ3v) is 3.93. The summed E-state index contributed by atoms with van der Waals surface area (Å²) in [7, 11) is 0. The van der Waals surface area contributed by atoms with Gasteiger partial charge in [0.2, 0.25) is 0 Å². The van der Waals surface area contributed by atoms with E-state index in [1.807, 2.05) is 36.4 Å². The van der Waals surface area contributed by atoms with Gasteiger partial charge in [-0.3, -0.25) is 9.59 Å². The van der Waals surface area contributed by atoms with Crippen LogP contribution in [-0.4, -0.2) is 29.9 Å². The van der Waals surface area contributed by atoms with Crippen molar-refractivity contribution in [2.45, 2.75) is 19.4 Å². The molecule has 0 fully saturated rings. The van der Waals surface area contributed by atoms with Gasteiger partial charge in [0.05, 0.1) is 6.61 Å². The third-order valence-electron chi connectivity index (χ3n) is 3.93. The minimum atomic E-state index is -0.348. The highest BCUT2D eigenvalue weighted by molar-refractivity contribution is 5.99. The Labute approximate surface area is 135 Å². The first-order valence-corrected chi connectivity index (χ1v) is 7.81. The van der Waals surface area contributed by atoms with Gasteiger partial charge in [0, 0.05) is 12.1 Å². The fraction of sp³-hybridized carbons (Fsp3) is 0.263. The van der Waals surface area contributed by atoms with Crippen LogP contribution in [0.3, 0.4) is 0 Å².